The quantitative estimate of drug-likeness (QED) is 0.120. The Balaban J connectivity index is 0. The normalized spacial score (nSPS) is 10.7. The number of hydrogen-bond acceptors (Lipinski definition) is 6. The standard InChI is InChI=1S/C24H51BO3.BH3O3/c1-4-7-10-13-16-19-22-26-25(27-23-20-17-14-11-8-5-2)28-24-21-18-15-12-9-6-3;2-1(3)4/h4-24H2,1-3H3;2-4H. The fourth-order valence-electron chi connectivity index (χ4n) is 3.33. The van der Waals surface area contributed by atoms with E-state index in [9.17, 15) is 0 Å². The van der Waals surface area contributed by atoms with Crippen molar-refractivity contribution in [2.45, 2.75) is 136 Å². The molecule has 0 saturated carbocycles. The Morgan fingerprint density at radius 3 is 0.875 bits per heavy atom. The lowest BCUT2D eigenvalue weighted by Crippen LogP contribution is -2.28. The number of rotatable bonds is 24. The molecule has 0 amide bonds. The van der Waals surface area contributed by atoms with Crippen LogP contribution in [0.3, 0.4) is 0 Å². The maximum absolute atomic E-state index is 7.17. The van der Waals surface area contributed by atoms with E-state index in [-0.39, 0.29) is 0 Å². The molecule has 0 aromatic rings. The lowest BCUT2D eigenvalue weighted by atomic mass is 10.1. The van der Waals surface area contributed by atoms with Crippen LogP contribution in [0.4, 0.5) is 0 Å². The molecule has 0 radical (unpaired) electrons. The highest BCUT2D eigenvalue weighted by molar-refractivity contribution is 6.36. The van der Waals surface area contributed by atoms with Gasteiger partial charge in [0.2, 0.25) is 0 Å². The maximum atomic E-state index is 7.17. The summed E-state index contributed by atoms with van der Waals surface area (Å²) in [6, 6.07) is 0. The molecule has 6 nitrogen and oxygen atoms in total. The molecule has 0 bridgehead atoms. The Kier molecular flexibility index (Phi) is 32.9. The molecule has 0 fully saturated rings. The van der Waals surface area contributed by atoms with E-state index in [1.165, 1.54) is 96.3 Å². The second kappa shape index (κ2) is 30.9. The summed E-state index contributed by atoms with van der Waals surface area (Å²) in [5.74, 6) is 0. The lowest BCUT2D eigenvalue weighted by Gasteiger charge is -2.15. The van der Waals surface area contributed by atoms with Crippen molar-refractivity contribution in [3.8, 4) is 0 Å². The van der Waals surface area contributed by atoms with Crippen molar-refractivity contribution in [1.82, 2.24) is 0 Å². The van der Waals surface area contributed by atoms with Crippen molar-refractivity contribution in [2.75, 3.05) is 19.8 Å². The molecule has 0 unspecified atom stereocenters. The average molecular weight is 460 g/mol. The first-order valence-corrected chi connectivity index (χ1v) is 13.5. The van der Waals surface area contributed by atoms with Crippen LogP contribution in [-0.2, 0) is 14.0 Å². The van der Waals surface area contributed by atoms with E-state index in [1.54, 1.807) is 0 Å². The number of hydrogen-bond donors (Lipinski definition) is 3. The third-order valence-electron chi connectivity index (χ3n) is 5.26. The van der Waals surface area contributed by atoms with Crippen LogP contribution in [-0.4, -0.2) is 49.5 Å². The van der Waals surface area contributed by atoms with Gasteiger partial charge in [0.25, 0.3) is 0 Å². The van der Waals surface area contributed by atoms with Crippen molar-refractivity contribution in [3.63, 3.8) is 0 Å². The molecule has 0 spiro atoms. The van der Waals surface area contributed by atoms with E-state index in [1.807, 2.05) is 0 Å². The van der Waals surface area contributed by atoms with Crippen LogP contribution in [0.15, 0.2) is 0 Å². The van der Waals surface area contributed by atoms with Gasteiger partial charge in [0, 0.05) is 19.8 Å². The Morgan fingerprint density at radius 2 is 0.625 bits per heavy atom. The second-order valence-electron chi connectivity index (χ2n) is 8.55. The van der Waals surface area contributed by atoms with Gasteiger partial charge in [-0.05, 0) is 19.3 Å². The SMILES string of the molecule is CCCCCCCCOB(OCCCCCCCC)OCCCCCCCC.OB(O)O. The summed E-state index contributed by atoms with van der Waals surface area (Å²) in [6.07, 6.45) is 23.1. The van der Waals surface area contributed by atoms with Crippen LogP contribution >= 0.6 is 0 Å². The molecule has 0 aliphatic carbocycles. The molecule has 3 N–H and O–H groups in total. The van der Waals surface area contributed by atoms with Gasteiger partial charge in [-0.15, -0.1) is 0 Å². The molecule has 0 rings (SSSR count). The van der Waals surface area contributed by atoms with Crippen molar-refractivity contribution >= 4 is 14.6 Å². The summed E-state index contributed by atoms with van der Waals surface area (Å²) >= 11 is 0. The lowest BCUT2D eigenvalue weighted by molar-refractivity contribution is 0.0885. The van der Waals surface area contributed by atoms with Crippen LogP contribution in [0.25, 0.3) is 0 Å². The van der Waals surface area contributed by atoms with Gasteiger partial charge >= 0.3 is 14.6 Å². The number of unbranched alkanes of at least 4 members (excludes halogenated alkanes) is 15. The fourth-order valence-corrected chi connectivity index (χ4v) is 3.33. The monoisotopic (exact) mass is 460 g/mol. The highest BCUT2D eigenvalue weighted by Crippen LogP contribution is 2.09. The van der Waals surface area contributed by atoms with Gasteiger partial charge in [0.15, 0.2) is 0 Å². The molecule has 8 heteroatoms. The molecule has 192 valence electrons. The summed E-state index contributed by atoms with van der Waals surface area (Å²) in [5, 5.41) is 21.5. The van der Waals surface area contributed by atoms with Gasteiger partial charge in [-0.1, -0.05) is 117 Å². The van der Waals surface area contributed by atoms with E-state index < -0.39 is 14.6 Å². The van der Waals surface area contributed by atoms with Crippen LogP contribution in [0.2, 0.25) is 0 Å². The van der Waals surface area contributed by atoms with Gasteiger partial charge in [-0.25, -0.2) is 0 Å². The van der Waals surface area contributed by atoms with Crippen LogP contribution in [0, 0.1) is 0 Å². The molecule has 0 aliphatic rings. The molecule has 0 saturated heterocycles. The zero-order valence-electron chi connectivity index (χ0n) is 21.6. The van der Waals surface area contributed by atoms with Gasteiger partial charge in [-0.2, -0.15) is 0 Å². The molecule has 0 aliphatic heterocycles. The molecular formula is C24H54B2O6. The minimum absolute atomic E-state index is 0.457. The topological polar surface area (TPSA) is 88.4 Å². The van der Waals surface area contributed by atoms with Gasteiger partial charge in [0.05, 0.1) is 0 Å². The molecule has 0 atom stereocenters. The summed E-state index contributed by atoms with van der Waals surface area (Å²) in [4.78, 5) is 0. The Labute approximate surface area is 200 Å². The fraction of sp³-hybridized carbons (Fsp3) is 1.00. The molecule has 0 heterocycles. The Hall–Kier alpha value is -0.110. The minimum atomic E-state index is -2.17. The highest BCUT2D eigenvalue weighted by Gasteiger charge is 2.20. The zero-order chi connectivity index (χ0) is 24.1. The predicted molar refractivity (Wildman–Crippen MR) is 136 cm³/mol. The van der Waals surface area contributed by atoms with Crippen molar-refractivity contribution in [1.29, 1.82) is 0 Å². The third kappa shape index (κ3) is 34.5. The summed E-state index contributed by atoms with van der Waals surface area (Å²) in [6.45, 7) is 9.04. The minimum Gasteiger partial charge on any atom is -0.402 e. The molecule has 0 aromatic carbocycles. The van der Waals surface area contributed by atoms with Gasteiger partial charge < -0.3 is 29.0 Å². The smallest absolute Gasteiger partial charge is 0.402 e. The first-order valence-electron chi connectivity index (χ1n) is 13.5. The second-order valence-corrected chi connectivity index (χ2v) is 8.55. The van der Waals surface area contributed by atoms with Gasteiger partial charge in [-0.3, -0.25) is 0 Å². The van der Waals surface area contributed by atoms with E-state index in [2.05, 4.69) is 20.8 Å². The van der Waals surface area contributed by atoms with Crippen molar-refractivity contribution in [3.05, 3.63) is 0 Å². The summed E-state index contributed by atoms with van der Waals surface area (Å²) < 4.78 is 17.7. The molecule has 0 aromatic heterocycles. The molecular weight excluding hydrogens is 406 g/mol. The molecule has 32 heavy (non-hydrogen) atoms. The predicted octanol–water partition coefficient (Wildman–Crippen LogP) is 6.05. The van der Waals surface area contributed by atoms with E-state index >= 15 is 0 Å². The first kappa shape index (κ1) is 34.1. The Bertz CT molecular complexity index is 279. The van der Waals surface area contributed by atoms with Crippen LogP contribution < -0.4 is 0 Å². The summed E-state index contributed by atoms with van der Waals surface area (Å²) in [7, 11) is -2.62. The van der Waals surface area contributed by atoms with Crippen molar-refractivity contribution < 1.29 is 29.0 Å². The average Bonchev–Trinajstić information content (AvgIpc) is 2.76. The highest BCUT2D eigenvalue weighted by atomic mass is 16.7. The van der Waals surface area contributed by atoms with Crippen molar-refractivity contribution in [2.24, 2.45) is 0 Å². The van der Waals surface area contributed by atoms with Gasteiger partial charge in [0.1, 0.15) is 0 Å². The van der Waals surface area contributed by atoms with Crippen LogP contribution in [0.5, 0.6) is 0 Å². The largest absolute Gasteiger partial charge is 0.639 e. The van der Waals surface area contributed by atoms with E-state index in [0.29, 0.717) is 0 Å². The Morgan fingerprint density at radius 1 is 0.406 bits per heavy atom. The maximum Gasteiger partial charge on any atom is 0.639 e. The zero-order valence-corrected chi connectivity index (χ0v) is 21.6. The third-order valence-corrected chi connectivity index (χ3v) is 5.26. The van der Waals surface area contributed by atoms with E-state index in [0.717, 1.165) is 39.1 Å². The van der Waals surface area contributed by atoms with E-state index in [4.69, 9.17) is 29.0 Å². The van der Waals surface area contributed by atoms with Crippen LogP contribution in [0.1, 0.15) is 136 Å². The summed E-state index contributed by atoms with van der Waals surface area (Å²) in [5.41, 5.74) is 0. The first-order chi connectivity index (χ1) is 15.6.